The van der Waals surface area contributed by atoms with Crippen LogP contribution in [0.1, 0.15) is 24.2 Å². The third kappa shape index (κ3) is 4.01. The highest BCUT2D eigenvalue weighted by atomic mass is 79.9. The van der Waals surface area contributed by atoms with Crippen molar-refractivity contribution < 1.29 is 9.90 Å². The van der Waals surface area contributed by atoms with Crippen molar-refractivity contribution in [2.24, 2.45) is 5.92 Å². The normalized spacial score (nSPS) is 12.6. The highest BCUT2D eigenvalue weighted by Gasteiger charge is 2.17. The quantitative estimate of drug-likeness (QED) is 0.747. The molecule has 0 spiro atoms. The second-order valence-corrected chi connectivity index (χ2v) is 5.57. The summed E-state index contributed by atoms with van der Waals surface area (Å²) < 4.78 is 0.876. The maximum absolute atomic E-state index is 12.0. The van der Waals surface area contributed by atoms with Crippen molar-refractivity contribution in [3.8, 4) is 0 Å². The average Bonchev–Trinajstić information content (AvgIpc) is 2.24. The first kappa shape index (κ1) is 14.5. The molecule has 1 rings (SSSR count). The molecule has 2 N–H and O–H groups in total. The zero-order valence-electron chi connectivity index (χ0n) is 9.77. The average molecular weight is 318 g/mol. The monoisotopic (exact) mass is 317 g/mol. The van der Waals surface area contributed by atoms with Crippen LogP contribution in [0.3, 0.4) is 0 Å². The summed E-state index contributed by atoms with van der Waals surface area (Å²) in [5.74, 6) is -0.0296. The maximum atomic E-state index is 12.0. The van der Waals surface area contributed by atoms with Gasteiger partial charge in [0, 0.05) is 9.37 Å². The van der Waals surface area contributed by atoms with Gasteiger partial charge >= 0.3 is 0 Å². The van der Waals surface area contributed by atoms with Crippen LogP contribution in [-0.2, 0) is 0 Å². The van der Waals surface area contributed by atoms with Gasteiger partial charge in [0.25, 0.3) is 5.91 Å². The fourth-order valence-corrected chi connectivity index (χ4v) is 2.22. The first-order valence-electron chi connectivity index (χ1n) is 5.36. The lowest BCUT2D eigenvalue weighted by atomic mass is 10.0. The number of carbonyl (C=O) groups is 1. The van der Waals surface area contributed by atoms with Gasteiger partial charge in [0.1, 0.15) is 0 Å². The van der Waals surface area contributed by atoms with E-state index in [1.165, 1.54) is 0 Å². The third-order valence-corrected chi connectivity index (χ3v) is 3.39. The number of nitrogens with one attached hydrogen (secondary N) is 1. The van der Waals surface area contributed by atoms with Crippen molar-refractivity contribution in [1.82, 2.24) is 5.32 Å². The van der Waals surface area contributed by atoms with Crippen LogP contribution < -0.4 is 5.32 Å². The lowest BCUT2D eigenvalue weighted by molar-refractivity contribution is 0.0894. The van der Waals surface area contributed by atoms with Crippen molar-refractivity contribution in [3.05, 3.63) is 28.2 Å². The molecule has 0 saturated heterocycles. The van der Waals surface area contributed by atoms with Crippen molar-refractivity contribution in [2.45, 2.75) is 24.8 Å². The minimum Gasteiger partial charge on any atom is -0.394 e. The summed E-state index contributed by atoms with van der Waals surface area (Å²) in [7, 11) is 0. The summed E-state index contributed by atoms with van der Waals surface area (Å²) in [5, 5.41) is 12.0. The molecule has 0 aromatic heterocycles. The number of thiol groups is 1. The molecule has 0 fully saturated rings. The molecule has 1 aromatic carbocycles. The van der Waals surface area contributed by atoms with E-state index in [0.29, 0.717) is 10.5 Å². The topological polar surface area (TPSA) is 49.3 Å². The zero-order valence-corrected chi connectivity index (χ0v) is 12.3. The molecule has 0 radical (unpaired) electrons. The van der Waals surface area contributed by atoms with Crippen LogP contribution >= 0.6 is 28.6 Å². The Balaban J connectivity index is 2.82. The number of hydrogen-bond donors (Lipinski definition) is 3. The van der Waals surface area contributed by atoms with E-state index in [1.54, 1.807) is 18.2 Å². The van der Waals surface area contributed by atoms with E-state index in [0.717, 1.165) is 4.47 Å². The molecule has 17 heavy (non-hydrogen) atoms. The second kappa shape index (κ2) is 6.42. The van der Waals surface area contributed by atoms with Crippen molar-refractivity contribution >= 4 is 34.5 Å². The Hall–Kier alpha value is -0.520. The second-order valence-electron chi connectivity index (χ2n) is 4.17. The molecular weight excluding hydrogens is 302 g/mol. The zero-order chi connectivity index (χ0) is 13.0. The SMILES string of the molecule is CC(C)C(CO)NC(=O)c1ccc(Br)cc1S. The van der Waals surface area contributed by atoms with Crippen LogP contribution in [0.5, 0.6) is 0 Å². The number of rotatable bonds is 4. The van der Waals surface area contributed by atoms with Crippen LogP contribution in [0, 0.1) is 5.92 Å². The molecule has 94 valence electrons. The summed E-state index contributed by atoms with van der Waals surface area (Å²) in [6, 6.07) is 5.02. The summed E-state index contributed by atoms with van der Waals surface area (Å²) >= 11 is 7.57. The van der Waals surface area contributed by atoms with Crippen LogP contribution in [0.4, 0.5) is 0 Å². The number of benzene rings is 1. The fourth-order valence-electron chi connectivity index (χ4n) is 1.37. The molecule has 0 aliphatic heterocycles. The lowest BCUT2D eigenvalue weighted by Crippen LogP contribution is -2.41. The Labute approximate surface area is 115 Å². The molecule has 1 aromatic rings. The molecule has 5 heteroatoms. The molecule has 1 unspecified atom stereocenters. The van der Waals surface area contributed by atoms with Crippen molar-refractivity contribution in [1.29, 1.82) is 0 Å². The van der Waals surface area contributed by atoms with E-state index in [-0.39, 0.29) is 24.5 Å². The highest BCUT2D eigenvalue weighted by Crippen LogP contribution is 2.20. The number of aliphatic hydroxyl groups excluding tert-OH is 1. The van der Waals surface area contributed by atoms with Gasteiger partial charge in [-0.1, -0.05) is 29.8 Å². The van der Waals surface area contributed by atoms with Gasteiger partial charge in [-0.2, -0.15) is 0 Å². The van der Waals surface area contributed by atoms with E-state index in [2.05, 4.69) is 33.9 Å². The molecule has 1 amide bonds. The first-order valence-corrected chi connectivity index (χ1v) is 6.60. The Morgan fingerprint density at radius 1 is 1.53 bits per heavy atom. The minimum atomic E-state index is -0.237. The minimum absolute atomic E-state index is 0.0676. The summed E-state index contributed by atoms with van der Waals surface area (Å²) in [6.07, 6.45) is 0. The number of hydrogen-bond acceptors (Lipinski definition) is 3. The maximum Gasteiger partial charge on any atom is 0.252 e. The van der Waals surface area contributed by atoms with E-state index >= 15 is 0 Å². The Morgan fingerprint density at radius 3 is 2.65 bits per heavy atom. The summed E-state index contributed by atoms with van der Waals surface area (Å²) in [4.78, 5) is 12.6. The smallest absolute Gasteiger partial charge is 0.252 e. The van der Waals surface area contributed by atoms with Gasteiger partial charge in [0.15, 0.2) is 0 Å². The van der Waals surface area contributed by atoms with Gasteiger partial charge in [0.2, 0.25) is 0 Å². The molecule has 1 atom stereocenters. The van der Waals surface area contributed by atoms with Crippen LogP contribution in [-0.4, -0.2) is 23.7 Å². The molecule has 3 nitrogen and oxygen atoms in total. The summed E-state index contributed by atoms with van der Waals surface area (Å²) in [5.41, 5.74) is 0.510. The number of aliphatic hydroxyl groups is 1. The molecule has 0 heterocycles. The fraction of sp³-hybridized carbons (Fsp3) is 0.417. The standard InChI is InChI=1S/C12H16BrNO2S/c1-7(2)10(6-15)14-12(16)9-4-3-8(13)5-11(9)17/h3-5,7,10,15,17H,6H2,1-2H3,(H,14,16). The number of carbonyl (C=O) groups excluding carboxylic acids is 1. The predicted octanol–water partition coefficient (Wildman–Crippen LogP) is 2.48. The molecule has 0 saturated carbocycles. The van der Waals surface area contributed by atoms with Crippen molar-refractivity contribution in [2.75, 3.05) is 6.61 Å². The Morgan fingerprint density at radius 2 is 2.18 bits per heavy atom. The molecule has 0 bridgehead atoms. The van der Waals surface area contributed by atoms with Gasteiger partial charge in [-0.15, -0.1) is 12.6 Å². The Kier molecular flexibility index (Phi) is 5.49. The van der Waals surface area contributed by atoms with Gasteiger partial charge in [0.05, 0.1) is 18.2 Å². The first-order chi connectivity index (χ1) is 7.95. The van der Waals surface area contributed by atoms with Gasteiger partial charge in [-0.3, -0.25) is 4.79 Å². The number of amides is 1. The largest absolute Gasteiger partial charge is 0.394 e. The molecule has 0 aliphatic carbocycles. The summed E-state index contributed by atoms with van der Waals surface area (Å²) in [6.45, 7) is 3.83. The molecular formula is C12H16BrNO2S. The lowest BCUT2D eigenvalue weighted by Gasteiger charge is -2.20. The Bertz CT molecular complexity index is 409. The molecule has 0 aliphatic rings. The highest BCUT2D eigenvalue weighted by molar-refractivity contribution is 9.10. The predicted molar refractivity (Wildman–Crippen MR) is 74.6 cm³/mol. The number of halogens is 1. The van der Waals surface area contributed by atoms with E-state index in [9.17, 15) is 4.79 Å². The third-order valence-electron chi connectivity index (χ3n) is 2.52. The van der Waals surface area contributed by atoms with Gasteiger partial charge in [-0.25, -0.2) is 0 Å². The van der Waals surface area contributed by atoms with Gasteiger partial charge in [-0.05, 0) is 24.1 Å². The van der Waals surface area contributed by atoms with Gasteiger partial charge < -0.3 is 10.4 Å². The van der Waals surface area contributed by atoms with E-state index < -0.39 is 0 Å². The van der Waals surface area contributed by atoms with Crippen LogP contribution in [0.15, 0.2) is 27.6 Å². The van der Waals surface area contributed by atoms with E-state index in [1.807, 2.05) is 13.8 Å². The van der Waals surface area contributed by atoms with E-state index in [4.69, 9.17) is 5.11 Å². The van der Waals surface area contributed by atoms with Crippen molar-refractivity contribution in [3.63, 3.8) is 0 Å². The van der Waals surface area contributed by atoms with Crippen LogP contribution in [0.25, 0.3) is 0 Å². The van der Waals surface area contributed by atoms with Crippen LogP contribution in [0.2, 0.25) is 0 Å².